The second-order valence-electron chi connectivity index (χ2n) is 6.78. The first-order valence-corrected chi connectivity index (χ1v) is 7.60. The van der Waals surface area contributed by atoms with E-state index >= 15 is 0 Å². The van der Waals surface area contributed by atoms with E-state index in [1.165, 1.54) is 4.90 Å². The number of amides is 1. The smallest absolute Gasteiger partial charge is 0.410 e. The van der Waals surface area contributed by atoms with Crippen molar-refractivity contribution in [1.82, 2.24) is 4.90 Å². The Bertz CT molecular complexity index is 610. The lowest BCUT2D eigenvalue weighted by Crippen LogP contribution is -2.46. The van der Waals surface area contributed by atoms with E-state index in [4.69, 9.17) is 4.74 Å². The average Bonchev–Trinajstić information content (AvgIpc) is 2.43. The van der Waals surface area contributed by atoms with Gasteiger partial charge in [-0.1, -0.05) is 0 Å². The quantitative estimate of drug-likeness (QED) is 0.838. The van der Waals surface area contributed by atoms with Crippen molar-refractivity contribution >= 4 is 11.9 Å². The molecular weight excluding hydrogens is 304 g/mol. The van der Waals surface area contributed by atoms with Gasteiger partial charge in [0.05, 0.1) is 0 Å². The minimum atomic E-state index is -0.622. The van der Waals surface area contributed by atoms with Gasteiger partial charge in [-0.05, 0) is 51.0 Å². The van der Waals surface area contributed by atoms with E-state index in [0.717, 1.165) is 18.2 Å². The zero-order valence-corrected chi connectivity index (χ0v) is 13.6. The summed E-state index contributed by atoms with van der Waals surface area (Å²) in [4.78, 5) is 25.6. The van der Waals surface area contributed by atoms with Gasteiger partial charge in [0.25, 0.3) is 0 Å². The molecule has 1 aliphatic heterocycles. The number of hydrogen-bond acceptors (Lipinski definition) is 3. The van der Waals surface area contributed by atoms with Crippen LogP contribution < -0.4 is 0 Å². The van der Waals surface area contributed by atoms with Crippen LogP contribution in [0.25, 0.3) is 0 Å². The molecule has 6 heteroatoms. The van der Waals surface area contributed by atoms with E-state index in [0.29, 0.717) is 0 Å². The number of hydrogen-bond donors (Lipinski definition) is 0. The lowest BCUT2D eigenvalue weighted by Gasteiger charge is -2.33. The molecule has 1 fully saturated rings. The van der Waals surface area contributed by atoms with Gasteiger partial charge in [-0.15, -0.1) is 0 Å². The predicted molar refractivity (Wildman–Crippen MR) is 81.0 cm³/mol. The van der Waals surface area contributed by atoms with Crippen LogP contribution in [0.5, 0.6) is 0 Å². The Balaban J connectivity index is 2.08. The maximum Gasteiger partial charge on any atom is 0.410 e. The van der Waals surface area contributed by atoms with Crippen LogP contribution in [-0.2, 0) is 16.0 Å². The number of nitrogens with zero attached hydrogens (tertiary/aromatic N) is 1. The van der Waals surface area contributed by atoms with E-state index in [9.17, 15) is 18.4 Å². The predicted octanol–water partition coefficient (Wildman–Crippen LogP) is 3.33. The molecule has 2 rings (SSSR count). The van der Waals surface area contributed by atoms with Crippen molar-refractivity contribution in [2.24, 2.45) is 5.92 Å². The monoisotopic (exact) mass is 325 g/mol. The van der Waals surface area contributed by atoms with Crippen LogP contribution in [0, 0.1) is 17.6 Å². The largest absolute Gasteiger partial charge is 0.444 e. The molecule has 4 nitrogen and oxygen atoms in total. The Morgan fingerprint density at radius 2 is 2.04 bits per heavy atom. The lowest BCUT2D eigenvalue weighted by atomic mass is 9.90. The van der Waals surface area contributed by atoms with Gasteiger partial charge in [0, 0.05) is 25.4 Å². The number of likely N-dealkylation sites (tertiary alicyclic amines) is 1. The summed E-state index contributed by atoms with van der Waals surface area (Å²) in [6, 6.07) is 3.17. The maximum absolute atomic E-state index is 13.7. The lowest BCUT2D eigenvalue weighted by molar-refractivity contribution is -0.125. The molecule has 0 radical (unpaired) electrons. The number of benzene rings is 1. The van der Waals surface area contributed by atoms with Crippen molar-refractivity contribution in [2.75, 3.05) is 13.1 Å². The Hall–Kier alpha value is -1.98. The standard InChI is InChI=1S/C17H21F2NO3/c1-17(2,3)23-16(22)20-7-6-15(21)12(10-20)8-11-9-13(18)4-5-14(11)19/h4-5,9,12H,6-8,10H2,1-3H3. The molecule has 1 saturated heterocycles. The fraction of sp³-hybridized carbons (Fsp3) is 0.529. The van der Waals surface area contributed by atoms with Gasteiger partial charge < -0.3 is 9.64 Å². The van der Waals surface area contributed by atoms with Crippen molar-refractivity contribution in [3.63, 3.8) is 0 Å². The molecule has 0 saturated carbocycles. The van der Waals surface area contributed by atoms with E-state index < -0.39 is 29.2 Å². The number of halogens is 2. The summed E-state index contributed by atoms with van der Waals surface area (Å²) < 4.78 is 32.3. The highest BCUT2D eigenvalue weighted by atomic mass is 19.1. The highest BCUT2D eigenvalue weighted by Gasteiger charge is 2.32. The first-order valence-electron chi connectivity index (χ1n) is 7.60. The zero-order valence-electron chi connectivity index (χ0n) is 13.6. The molecule has 1 heterocycles. The van der Waals surface area contributed by atoms with Crippen LogP contribution in [0.15, 0.2) is 18.2 Å². The summed E-state index contributed by atoms with van der Waals surface area (Å²) >= 11 is 0. The van der Waals surface area contributed by atoms with Crippen molar-refractivity contribution < 1.29 is 23.1 Å². The topological polar surface area (TPSA) is 46.6 Å². The van der Waals surface area contributed by atoms with Gasteiger partial charge in [0.15, 0.2) is 0 Å². The summed E-state index contributed by atoms with van der Waals surface area (Å²) in [6.45, 7) is 5.73. The number of carbonyl (C=O) groups excluding carboxylic acids is 2. The van der Waals surface area contributed by atoms with Gasteiger partial charge in [-0.25, -0.2) is 13.6 Å². The summed E-state index contributed by atoms with van der Waals surface area (Å²) in [7, 11) is 0. The Morgan fingerprint density at radius 1 is 1.35 bits per heavy atom. The van der Waals surface area contributed by atoms with E-state index in [-0.39, 0.29) is 37.3 Å². The second-order valence-corrected chi connectivity index (χ2v) is 6.78. The summed E-state index contributed by atoms with van der Waals surface area (Å²) in [5.41, 5.74) is -0.475. The molecule has 0 bridgehead atoms. The van der Waals surface area contributed by atoms with Crippen molar-refractivity contribution in [3.8, 4) is 0 Å². The average molecular weight is 325 g/mol. The van der Waals surface area contributed by atoms with Crippen molar-refractivity contribution in [2.45, 2.75) is 39.2 Å². The molecule has 1 aromatic rings. The number of ketones is 1. The van der Waals surface area contributed by atoms with Crippen LogP contribution in [0.2, 0.25) is 0 Å². The van der Waals surface area contributed by atoms with E-state index in [1.54, 1.807) is 20.8 Å². The molecule has 126 valence electrons. The highest BCUT2D eigenvalue weighted by Crippen LogP contribution is 2.22. The van der Waals surface area contributed by atoms with Crippen LogP contribution in [-0.4, -0.2) is 35.5 Å². The molecule has 1 aromatic carbocycles. The Kier molecular flexibility index (Phi) is 5.02. The molecule has 0 N–H and O–H groups in total. The van der Waals surface area contributed by atoms with Gasteiger partial charge in [0.1, 0.15) is 23.0 Å². The van der Waals surface area contributed by atoms with E-state index in [2.05, 4.69) is 0 Å². The zero-order chi connectivity index (χ0) is 17.2. The van der Waals surface area contributed by atoms with Crippen LogP contribution in [0.3, 0.4) is 0 Å². The first kappa shape index (κ1) is 17.4. The number of rotatable bonds is 2. The molecular formula is C17H21F2NO3. The summed E-state index contributed by atoms with van der Waals surface area (Å²) in [5.74, 6) is -1.69. The third kappa shape index (κ3) is 4.74. The normalized spacial score (nSPS) is 18.9. The van der Waals surface area contributed by atoms with Crippen LogP contribution in [0.1, 0.15) is 32.8 Å². The van der Waals surface area contributed by atoms with Crippen LogP contribution >= 0.6 is 0 Å². The second kappa shape index (κ2) is 6.64. The van der Waals surface area contributed by atoms with Gasteiger partial charge in [0.2, 0.25) is 0 Å². The molecule has 1 aliphatic rings. The van der Waals surface area contributed by atoms with Crippen molar-refractivity contribution in [1.29, 1.82) is 0 Å². The first-order chi connectivity index (χ1) is 10.7. The molecule has 0 spiro atoms. The Labute approximate surface area is 134 Å². The molecule has 0 aliphatic carbocycles. The number of piperidine rings is 1. The summed E-state index contributed by atoms with van der Waals surface area (Å²) in [6.07, 6.45) is -0.225. The van der Waals surface area contributed by atoms with Gasteiger partial charge in [-0.2, -0.15) is 0 Å². The number of Topliss-reactive ketones (excluding diaryl/α,β-unsaturated/α-hetero) is 1. The third-order valence-electron chi connectivity index (χ3n) is 3.65. The molecule has 1 amide bonds. The minimum Gasteiger partial charge on any atom is -0.444 e. The Morgan fingerprint density at radius 3 is 2.70 bits per heavy atom. The fourth-order valence-corrected chi connectivity index (χ4v) is 2.54. The maximum atomic E-state index is 13.7. The van der Waals surface area contributed by atoms with Crippen molar-refractivity contribution in [3.05, 3.63) is 35.4 Å². The van der Waals surface area contributed by atoms with Gasteiger partial charge in [-0.3, -0.25) is 4.79 Å². The van der Waals surface area contributed by atoms with Gasteiger partial charge >= 0.3 is 6.09 Å². The molecule has 0 aromatic heterocycles. The molecule has 23 heavy (non-hydrogen) atoms. The number of ether oxygens (including phenoxy) is 1. The fourth-order valence-electron chi connectivity index (χ4n) is 2.54. The highest BCUT2D eigenvalue weighted by molar-refractivity contribution is 5.84. The molecule has 1 atom stereocenters. The minimum absolute atomic E-state index is 0.0477. The SMILES string of the molecule is CC(C)(C)OC(=O)N1CCC(=O)C(Cc2cc(F)ccc2F)C1. The van der Waals surface area contributed by atoms with Crippen LogP contribution in [0.4, 0.5) is 13.6 Å². The van der Waals surface area contributed by atoms with E-state index in [1.807, 2.05) is 0 Å². The molecule has 1 unspecified atom stereocenters. The summed E-state index contributed by atoms with van der Waals surface area (Å²) in [5, 5.41) is 0. The number of carbonyl (C=O) groups is 2. The third-order valence-corrected chi connectivity index (χ3v) is 3.65.